The number of benzene rings is 2. The van der Waals surface area contributed by atoms with Gasteiger partial charge in [0.1, 0.15) is 0 Å². The van der Waals surface area contributed by atoms with Crippen molar-refractivity contribution in [3.8, 4) is 0 Å². The van der Waals surface area contributed by atoms with Crippen LogP contribution in [0.25, 0.3) is 0 Å². The van der Waals surface area contributed by atoms with Gasteiger partial charge in [-0.1, -0.05) is 54.6 Å². The monoisotopic (exact) mass is 288 g/mol. The maximum absolute atomic E-state index is 4.26. The Labute approximate surface area is 132 Å². The summed E-state index contributed by atoms with van der Waals surface area (Å²) in [7, 11) is 0. The van der Waals surface area contributed by atoms with Crippen molar-refractivity contribution in [1.82, 2.24) is 4.98 Å². The van der Waals surface area contributed by atoms with Crippen LogP contribution in [0.3, 0.4) is 0 Å². The minimum absolute atomic E-state index is 0.260. The molecular weight excluding hydrogens is 268 g/mol. The Morgan fingerprint density at radius 1 is 0.864 bits per heavy atom. The predicted octanol–water partition coefficient (Wildman–Crippen LogP) is 4.85. The number of rotatable bonds is 5. The first kappa shape index (κ1) is 14.3. The van der Waals surface area contributed by atoms with Gasteiger partial charge in [-0.25, -0.2) is 0 Å². The predicted molar refractivity (Wildman–Crippen MR) is 91.7 cm³/mol. The molecule has 0 fully saturated rings. The molecule has 22 heavy (non-hydrogen) atoms. The zero-order valence-electron chi connectivity index (χ0n) is 12.8. The first-order valence-electron chi connectivity index (χ1n) is 7.60. The fourth-order valence-electron chi connectivity index (χ4n) is 2.65. The van der Waals surface area contributed by atoms with Crippen molar-refractivity contribution in [2.45, 2.75) is 19.5 Å². The molecule has 0 bridgehead atoms. The number of pyridine rings is 1. The van der Waals surface area contributed by atoms with E-state index in [2.05, 4.69) is 83.5 Å². The van der Waals surface area contributed by atoms with E-state index in [1.54, 1.807) is 0 Å². The molecular formula is C20H20N2. The molecule has 0 saturated heterocycles. The normalized spacial score (nSPS) is 11.9. The molecule has 110 valence electrons. The summed E-state index contributed by atoms with van der Waals surface area (Å²) in [6.45, 7) is 3.11. The number of aromatic nitrogens is 1. The molecule has 3 rings (SSSR count). The molecule has 1 atom stereocenters. The van der Waals surface area contributed by atoms with Crippen LogP contribution in [0.2, 0.25) is 0 Å². The Bertz CT molecular complexity index is 681. The van der Waals surface area contributed by atoms with Gasteiger partial charge in [0.15, 0.2) is 0 Å². The van der Waals surface area contributed by atoms with E-state index < -0.39 is 0 Å². The van der Waals surface area contributed by atoms with E-state index in [-0.39, 0.29) is 6.04 Å². The van der Waals surface area contributed by atoms with Crippen molar-refractivity contribution >= 4 is 5.69 Å². The lowest BCUT2D eigenvalue weighted by Gasteiger charge is -2.31. The van der Waals surface area contributed by atoms with Gasteiger partial charge < -0.3 is 4.90 Å². The molecule has 2 nitrogen and oxygen atoms in total. The van der Waals surface area contributed by atoms with E-state index >= 15 is 0 Å². The summed E-state index contributed by atoms with van der Waals surface area (Å²) >= 11 is 0. The van der Waals surface area contributed by atoms with Gasteiger partial charge in [0.25, 0.3) is 0 Å². The molecule has 2 heteroatoms. The molecule has 0 aliphatic rings. The van der Waals surface area contributed by atoms with Crippen LogP contribution < -0.4 is 4.90 Å². The zero-order chi connectivity index (χ0) is 15.2. The van der Waals surface area contributed by atoms with Crippen molar-refractivity contribution in [2.75, 3.05) is 4.90 Å². The molecule has 2 aromatic carbocycles. The third kappa shape index (κ3) is 3.34. The van der Waals surface area contributed by atoms with Crippen LogP contribution in [-0.4, -0.2) is 4.98 Å². The highest BCUT2D eigenvalue weighted by Crippen LogP contribution is 2.28. The van der Waals surface area contributed by atoms with E-state index in [4.69, 9.17) is 0 Å². The van der Waals surface area contributed by atoms with Crippen molar-refractivity contribution < 1.29 is 0 Å². The molecule has 0 saturated carbocycles. The highest BCUT2D eigenvalue weighted by molar-refractivity contribution is 5.49. The summed E-state index contributed by atoms with van der Waals surface area (Å²) < 4.78 is 0. The number of hydrogen-bond donors (Lipinski definition) is 0. The van der Waals surface area contributed by atoms with Gasteiger partial charge in [-0.15, -0.1) is 0 Å². The standard InChI is InChI=1S/C20H20N2/c1-17(19-11-8-14-21-15-19)22(20-12-6-3-7-13-20)16-18-9-4-2-5-10-18/h2-15,17H,16H2,1H3/t17-/m0/s1. The van der Waals surface area contributed by atoms with Gasteiger partial charge in [0.05, 0.1) is 6.04 Å². The Morgan fingerprint density at radius 3 is 2.18 bits per heavy atom. The summed E-state index contributed by atoms with van der Waals surface area (Å²) in [5, 5.41) is 0. The summed E-state index contributed by atoms with van der Waals surface area (Å²) in [6, 6.07) is 25.5. The fourth-order valence-corrected chi connectivity index (χ4v) is 2.65. The van der Waals surface area contributed by atoms with E-state index in [1.165, 1.54) is 16.8 Å². The second kappa shape index (κ2) is 6.90. The van der Waals surface area contributed by atoms with Crippen LogP contribution in [0.4, 0.5) is 5.69 Å². The number of para-hydroxylation sites is 1. The van der Waals surface area contributed by atoms with Gasteiger partial charge in [0, 0.05) is 24.6 Å². The largest absolute Gasteiger partial charge is 0.360 e. The number of nitrogens with zero attached hydrogens (tertiary/aromatic N) is 2. The fraction of sp³-hybridized carbons (Fsp3) is 0.150. The van der Waals surface area contributed by atoms with Crippen molar-refractivity contribution in [3.63, 3.8) is 0 Å². The van der Waals surface area contributed by atoms with Crippen LogP contribution in [0.5, 0.6) is 0 Å². The maximum Gasteiger partial charge on any atom is 0.0533 e. The first-order chi connectivity index (χ1) is 10.8. The highest BCUT2D eigenvalue weighted by atomic mass is 15.2. The molecule has 0 aliphatic heterocycles. The van der Waals surface area contributed by atoms with Crippen LogP contribution in [0, 0.1) is 0 Å². The smallest absolute Gasteiger partial charge is 0.0533 e. The highest BCUT2D eigenvalue weighted by Gasteiger charge is 2.16. The lowest BCUT2D eigenvalue weighted by molar-refractivity contribution is 0.667. The summed E-state index contributed by atoms with van der Waals surface area (Å²) in [6.07, 6.45) is 3.77. The third-order valence-corrected chi connectivity index (χ3v) is 3.92. The average molecular weight is 288 g/mol. The lowest BCUT2D eigenvalue weighted by Crippen LogP contribution is -2.26. The van der Waals surface area contributed by atoms with Crippen molar-refractivity contribution in [3.05, 3.63) is 96.3 Å². The molecule has 0 N–H and O–H groups in total. The molecule has 0 radical (unpaired) electrons. The SMILES string of the molecule is C[C@@H](c1cccnc1)N(Cc1ccccc1)c1ccccc1. The summed E-state index contributed by atoms with van der Waals surface area (Å²) in [5.74, 6) is 0. The second-order valence-corrected chi connectivity index (χ2v) is 5.41. The zero-order valence-corrected chi connectivity index (χ0v) is 12.8. The van der Waals surface area contributed by atoms with Crippen molar-refractivity contribution in [2.24, 2.45) is 0 Å². The van der Waals surface area contributed by atoms with Gasteiger partial charge in [-0.05, 0) is 36.2 Å². The molecule has 1 heterocycles. The second-order valence-electron chi connectivity index (χ2n) is 5.41. The van der Waals surface area contributed by atoms with E-state index in [1.807, 2.05) is 18.5 Å². The third-order valence-electron chi connectivity index (χ3n) is 3.92. The Kier molecular flexibility index (Phi) is 4.50. The van der Waals surface area contributed by atoms with E-state index in [0.717, 1.165) is 6.54 Å². The minimum atomic E-state index is 0.260. The molecule has 0 aliphatic carbocycles. The van der Waals surface area contributed by atoms with Gasteiger partial charge in [-0.2, -0.15) is 0 Å². The van der Waals surface area contributed by atoms with E-state index in [0.29, 0.717) is 0 Å². The van der Waals surface area contributed by atoms with E-state index in [9.17, 15) is 0 Å². The molecule has 0 unspecified atom stereocenters. The lowest BCUT2D eigenvalue weighted by atomic mass is 10.1. The van der Waals surface area contributed by atoms with Crippen molar-refractivity contribution in [1.29, 1.82) is 0 Å². The molecule has 0 amide bonds. The van der Waals surface area contributed by atoms with Gasteiger partial charge in [0.2, 0.25) is 0 Å². The number of hydrogen-bond acceptors (Lipinski definition) is 2. The average Bonchev–Trinajstić information content (AvgIpc) is 2.61. The number of anilines is 1. The first-order valence-corrected chi connectivity index (χ1v) is 7.60. The molecule has 1 aromatic heterocycles. The van der Waals surface area contributed by atoms with Gasteiger partial charge >= 0.3 is 0 Å². The topological polar surface area (TPSA) is 16.1 Å². The Morgan fingerprint density at radius 2 is 1.55 bits per heavy atom. The van der Waals surface area contributed by atoms with Crippen LogP contribution in [-0.2, 0) is 6.54 Å². The van der Waals surface area contributed by atoms with Crippen LogP contribution >= 0.6 is 0 Å². The molecule has 0 spiro atoms. The quantitative estimate of drug-likeness (QED) is 0.667. The Balaban J connectivity index is 1.93. The van der Waals surface area contributed by atoms with Crippen LogP contribution in [0.1, 0.15) is 24.1 Å². The van der Waals surface area contributed by atoms with Gasteiger partial charge in [-0.3, -0.25) is 4.98 Å². The van der Waals surface area contributed by atoms with Crippen LogP contribution in [0.15, 0.2) is 85.2 Å². The maximum atomic E-state index is 4.26. The Hall–Kier alpha value is -2.61. The minimum Gasteiger partial charge on any atom is -0.360 e. The summed E-state index contributed by atoms with van der Waals surface area (Å²) in [4.78, 5) is 6.67. The summed E-state index contributed by atoms with van der Waals surface area (Å²) in [5.41, 5.74) is 3.76. The molecule has 3 aromatic rings.